The number of aromatic amines is 1. The molecule has 0 bridgehead atoms. The van der Waals surface area contributed by atoms with Gasteiger partial charge in [-0.3, -0.25) is 4.57 Å². The van der Waals surface area contributed by atoms with Crippen LogP contribution in [-0.2, 0) is 12.8 Å². The summed E-state index contributed by atoms with van der Waals surface area (Å²) in [6.45, 7) is 1.46. The van der Waals surface area contributed by atoms with E-state index < -0.39 is 17.9 Å². The average Bonchev–Trinajstić information content (AvgIpc) is 2.81. The molecule has 3 N–H and O–H groups in total. The first-order valence-corrected chi connectivity index (χ1v) is 6.91. The minimum absolute atomic E-state index is 0.0918. The Bertz CT molecular complexity index is 728. The molecule has 0 radical (unpaired) electrons. The molecule has 0 spiro atoms. The van der Waals surface area contributed by atoms with Crippen molar-refractivity contribution in [1.29, 1.82) is 0 Å². The minimum atomic E-state index is -4.51. The fourth-order valence-corrected chi connectivity index (χ4v) is 2.48. The summed E-state index contributed by atoms with van der Waals surface area (Å²) in [5, 5.41) is 11.9. The molecule has 22 heavy (non-hydrogen) atoms. The van der Waals surface area contributed by atoms with Crippen LogP contribution in [0.4, 0.5) is 19.0 Å². The number of nitrogens with zero attached hydrogens (tertiary/aromatic N) is 2. The summed E-state index contributed by atoms with van der Waals surface area (Å²) in [6, 6.07) is 0.799. The Hall–Kier alpha value is -1.58. The number of halogens is 4. The second-order valence-electron chi connectivity index (χ2n) is 4.49. The summed E-state index contributed by atoms with van der Waals surface area (Å²) in [7, 11) is 0. The summed E-state index contributed by atoms with van der Waals surface area (Å²) >= 11 is 10.9. The number of aliphatic hydroxyl groups excluding tert-OH is 1. The van der Waals surface area contributed by atoms with E-state index in [2.05, 4.69) is 15.3 Å². The molecule has 2 aromatic heterocycles. The predicted molar refractivity (Wildman–Crippen MR) is 78.1 cm³/mol. The van der Waals surface area contributed by atoms with Crippen LogP contribution in [0.2, 0.25) is 5.02 Å². The summed E-state index contributed by atoms with van der Waals surface area (Å²) in [5.41, 5.74) is -0.405. The molecule has 0 saturated heterocycles. The predicted octanol–water partition coefficient (Wildman–Crippen LogP) is 3.74. The first-order valence-electron chi connectivity index (χ1n) is 6.13. The van der Waals surface area contributed by atoms with Gasteiger partial charge < -0.3 is 15.4 Å². The molecule has 0 aliphatic carbocycles. The van der Waals surface area contributed by atoms with Crippen molar-refractivity contribution >= 4 is 29.6 Å². The second-order valence-corrected chi connectivity index (χ2v) is 5.28. The van der Waals surface area contributed by atoms with Crippen molar-refractivity contribution in [3.8, 4) is 0 Å². The Balaban J connectivity index is 2.27. The van der Waals surface area contributed by atoms with E-state index in [1.807, 2.05) is 0 Å². The molecule has 1 atom stereocenters. The van der Waals surface area contributed by atoms with Gasteiger partial charge in [-0.1, -0.05) is 11.6 Å². The topological polar surface area (TPSA) is 65.9 Å². The van der Waals surface area contributed by atoms with Gasteiger partial charge in [0.2, 0.25) is 0 Å². The maximum atomic E-state index is 12.6. The van der Waals surface area contributed by atoms with Crippen LogP contribution in [0.1, 0.15) is 24.3 Å². The number of nitrogens with one attached hydrogen (secondary N) is 2. The van der Waals surface area contributed by atoms with Gasteiger partial charge in [-0.2, -0.15) is 13.2 Å². The summed E-state index contributed by atoms with van der Waals surface area (Å²) < 4.78 is 39.6. The highest BCUT2D eigenvalue weighted by Gasteiger charge is 2.31. The Morgan fingerprint density at radius 1 is 1.55 bits per heavy atom. The Kier molecular flexibility index (Phi) is 4.78. The average molecular weight is 353 g/mol. The number of aliphatic hydroxyl groups is 1. The number of anilines is 1. The molecular weight excluding hydrogens is 341 g/mol. The van der Waals surface area contributed by atoms with Gasteiger partial charge in [0, 0.05) is 12.4 Å². The highest BCUT2D eigenvalue weighted by Crippen LogP contribution is 2.33. The van der Waals surface area contributed by atoms with E-state index in [1.165, 1.54) is 0 Å². The first-order chi connectivity index (χ1) is 10.2. The highest BCUT2D eigenvalue weighted by atomic mass is 35.5. The number of hydrogen-bond donors (Lipinski definition) is 3. The highest BCUT2D eigenvalue weighted by molar-refractivity contribution is 7.71. The van der Waals surface area contributed by atoms with Crippen molar-refractivity contribution in [3.05, 3.63) is 39.5 Å². The molecule has 2 heterocycles. The molecule has 5 nitrogen and oxygen atoms in total. The largest absolute Gasteiger partial charge is 0.417 e. The van der Waals surface area contributed by atoms with Gasteiger partial charge in [0.1, 0.15) is 12.0 Å². The number of rotatable bonds is 4. The van der Waals surface area contributed by atoms with Crippen LogP contribution in [-0.4, -0.2) is 19.6 Å². The van der Waals surface area contributed by atoms with Crippen molar-refractivity contribution in [2.45, 2.75) is 25.9 Å². The number of alkyl halides is 3. The monoisotopic (exact) mass is 352 g/mol. The molecule has 0 aromatic carbocycles. The van der Waals surface area contributed by atoms with Crippen molar-refractivity contribution in [2.24, 2.45) is 0 Å². The van der Waals surface area contributed by atoms with Gasteiger partial charge in [0.25, 0.3) is 0 Å². The fourth-order valence-electron chi connectivity index (χ4n) is 1.92. The number of imidazole rings is 1. The Morgan fingerprint density at radius 3 is 2.77 bits per heavy atom. The number of aromatic nitrogens is 3. The third-order valence-electron chi connectivity index (χ3n) is 2.95. The van der Waals surface area contributed by atoms with Crippen LogP contribution < -0.4 is 5.32 Å². The molecule has 0 aliphatic heterocycles. The van der Waals surface area contributed by atoms with Crippen molar-refractivity contribution < 1.29 is 18.3 Å². The molecule has 10 heteroatoms. The second kappa shape index (κ2) is 6.27. The normalized spacial score (nSPS) is 13.2. The van der Waals surface area contributed by atoms with E-state index in [1.54, 1.807) is 17.7 Å². The minimum Gasteiger partial charge on any atom is -0.390 e. The van der Waals surface area contributed by atoms with Gasteiger partial charge in [0.05, 0.1) is 22.9 Å². The van der Waals surface area contributed by atoms with Crippen LogP contribution >= 0.6 is 23.8 Å². The first kappa shape index (κ1) is 16.8. The Labute approximate surface area is 133 Å². The quantitative estimate of drug-likeness (QED) is 0.733. The summed E-state index contributed by atoms with van der Waals surface area (Å²) in [5.74, 6) is 0.0918. The van der Waals surface area contributed by atoms with Gasteiger partial charge in [-0.05, 0) is 25.2 Å². The van der Waals surface area contributed by atoms with Crippen LogP contribution in [0.25, 0.3) is 0 Å². The van der Waals surface area contributed by atoms with Crippen LogP contribution in [0.5, 0.6) is 0 Å². The van der Waals surface area contributed by atoms with Crippen molar-refractivity contribution in [3.63, 3.8) is 0 Å². The van der Waals surface area contributed by atoms with E-state index in [0.29, 0.717) is 16.7 Å². The smallest absolute Gasteiger partial charge is 0.390 e. The maximum Gasteiger partial charge on any atom is 0.417 e. The molecule has 0 fully saturated rings. The number of hydrogen-bond acceptors (Lipinski definition) is 4. The van der Waals surface area contributed by atoms with E-state index in [9.17, 15) is 18.3 Å². The third-order valence-corrected chi connectivity index (χ3v) is 3.56. The molecule has 120 valence electrons. The van der Waals surface area contributed by atoms with Gasteiger partial charge >= 0.3 is 6.18 Å². The van der Waals surface area contributed by atoms with Gasteiger partial charge in [-0.15, -0.1) is 0 Å². The lowest BCUT2D eigenvalue weighted by atomic mass is 10.2. The van der Waals surface area contributed by atoms with Crippen LogP contribution in [0.3, 0.4) is 0 Å². The molecule has 0 amide bonds. The van der Waals surface area contributed by atoms with E-state index in [-0.39, 0.29) is 17.4 Å². The molecule has 0 saturated carbocycles. The third kappa shape index (κ3) is 3.42. The molecule has 0 unspecified atom stereocenters. The zero-order chi connectivity index (χ0) is 16.5. The molecule has 0 aliphatic rings. The Morgan fingerprint density at radius 2 is 2.23 bits per heavy atom. The summed E-state index contributed by atoms with van der Waals surface area (Å²) in [6.07, 6.45) is -2.73. The number of pyridine rings is 1. The molecule has 2 rings (SSSR count). The van der Waals surface area contributed by atoms with Crippen molar-refractivity contribution in [2.75, 3.05) is 5.32 Å². The molecule has 2 aromatic rings. The van der Waals surface area contributed by atoms with E-state index in [4.69, 9.17) is 23.8 Å². The lowest BCUT2D eigenvalue weighted by Gasteiger charge is -2.19. The fraction of sp³-hybridized carbons (Fsp3) is 0.333. The van der Waals surface area contributed by atoms with Gasteiger partial charge in [-0.25, -0.2) is 4.98 Å². The zero-order valence-electron chi connectivity index (χ0n) is 11.3. The molecular formula is C12H12ClF3N4OS. The van der Waals surface area contributed by atoms with Gasteiger partial charge in [0.15, 0.2) is 4.77 Å². The standard InChI is InChI=1S/C12H12ClF3N4OS/c1-6(20-8(5-21)4-18-11(20)22)19-10-9(13)2-7(3-17-10)12(14,15)16/h2-4,6,21H,5H2,1H3,(H,17,19)(H,18,22)/t6-/m1/s1. The summed E-state index contributed by atoms with van der Waals surface area (Å²) in [4.78, 5) is 6.47. The zero-order valence-corrected chi connectivity index (χ0v) is 12.9. The lowest BCUT2D eigenvalue weighted by Crippen LogP contribution is -2.18. The van der Waals surface area contributed by atoms with E-state index >= 15 is 0 Å². The van der Waals surface area contributed by atoms with Crippen LogP contribution in [0, 0.1) is 4.77 Å². The van der Waals surface area contributed by atoms with Crippen molar-refractivity contribution in [1.82, 2.24) is 14.5 Å². The number of H-pyrrole nitrogens is 1. The SMILES string of the molecule is C[C@H](Nc1ncc(C(F)(F)F)cc1Cl)n1c(CO)c[nH]c1=S. The maximum absolute atomic E-state index is 12.6. The van der Waals surface area contributed by atoms with Crippen LogP contribution in [0.15, 0.2) is 18.5 Å². The van der Waals surface area contributed by atoms with E-state index in [0.717, 1.165) is 6.07 Å². The lowest BCUT2D eigenvalue weighted by molar-refractivity contribution is -0.137.